The van der Waals surface area contributed by atoms with Gasteiger partial charge in [0.25, 0.3) is 11.8 Å². The minimum absolute atomic E-state index is 0.214. The highest BCUT2D eigenvalue weighted by molar-refractivity contribution is 7.17. The van der Waals surface area contributed by atoms with Crippen molar-refractivity contribution >= 4 is 34.0 Å². The van der Waals surface area contributed by atoms with Crippen LogP contribution in [-0.2, 0) is 19.5 Å². The second-order valence-corrected chi connectivity index (χ2v) is 7.97. The first-order chi connectivity index (χ1) is 14.4. The lowest BCUT2D eigenvalue weighted by Crippen LogP contribution is -2.30. The smallest absolute Gasteiger partial charge is 0.395 e. The number of thiophene rings is 1. The van der Waals surface area contributed by atoms with Crippen molar-refractivity contribution < 1.29 is 18.9 Å². The van der Waals surface area contributed by atoms with Gasteiger partial charge in [0.1, 0.15) is 9.92 Å². The van der Waals surface area contributed by atoms with Gasteiger partial charge >= 0.3 is 5.88 Å². The first-order valence-corrected chi connectivity index (χ1v) is 10.00. The maximum absolute atomic E-state index is 12.5. The molecular weight excluding hydrogens is 408 g/mol. The molecule has 10 heteroatoms. The van der Waals surface area contributed by atoms with Gasteiger partial charge < -0.3 is 15.5 Å². The van der Waals surface area contributed by atoms with Crippen LogP contribution in [0.5, 0.6) is 0 Å². The van der Waals surface area contributed by atoms with E-state index in [0.29, 0.717) is 23.5 Å². The topological polar surface area (TPSA) is 132 Å². The summed E-state index contributed by atoms with van der Waals surface area (Å²) < 4.78 is 4.93. The number of hydrogen-bond donors (Lipinski definition) is 2. The van der Waals surface area contributed by atoms with E-state index in [2.05, 4.69) is 22.3 Å². The number of rotatable bonds is 6. The van der Waals surface area contributed by atoms with E-state index in [4.69, 9.17) is 10.2 Å². The van der Waals surface area contributed by atoms with Crippen LogP contribution < -0.4 is 11.1 Å². The molecule has 0 saturated carbocycles. The highest BCUT2D eigenvalue weighted by Crippen LogP contribution is 2.37. The van der Waals surface area contributed by atoms with E-state index >= 15 is 0 Å². The molecule has 4 rings (SSSR count). The molecule has 3 aromatic rings. The Hall–Kier alpha value is -3.50. The Balaban J connectivity index is 1.55. The summed E-state index contributed by atoms with van der Waals surface area (Å²) in [5.74, 6) is -2.04. The predicted molar refractivity (Wildman–Crippen MR) is 110 cm³/mol. The standard InChI is InChI=1S/C20H18N4O5S/c21-18(25)17-13-8-9-23(10-12-4-2-1-3-5-12)11-15(13)30-20(17)22-19(26)14-6-7-16(29-14)24(27)28/h1-7H,8-11H2,(H2,21,25)(H,22,26). The Bertz CT molecular complexity index is 1120. The number of nitrogens with one attached hydrogen (secondary N) is 1. The second kappa shape index (κ2) is 8.09. The first kappa shape index (κ1) is 19.8. The van der Waals surface area contributed by atoms with Crippen molar-refractivity contribution in [1.82, 2.24) is 4.90 Å². The highest BCUT2D eigenvalue weighted by Gasteiger charge is 2.28. The SMILES string of the molecule is NC(=O)c1c(NC(=O)c2ccc([N+](=O)[O-])o2)sc2c1CCN(Cc1ccccc1)C2. The molecule has 0 aliphatic carbocycles. The predicted octanol–water partition coefficient (Wildman–Crippen LogP) is 3.16. The van der Waals surface area contributed by atoms with Crippen LogP contribution in [0.15, 0.2) is 46.9 Å². The number of carbonyl (C=O) groups excluding carboxylic acids is 2. The van der Waals surface area contributed by atoms with Gasteiger partial charge in [-0.1, -0.05) is 30.3 Å². The largest absolute Gasteiger partial charge is 0.433 e. The quantitative estimate of drug-likeness (QED) is 0.460. The van der Waals surface area contributed by atoms with Crippen molar-refractivity contribution in [1.29, 1.82) is 0 Å². The van der Waals surface area contributed by atoms with Crippen LogP contribution in [0, 0.1) is 10.1 Å². The van der Waals surface area contributed by atoms with E-state index in [9.17, 15) is 19.7 Å². The van der Waals surface area contributed by atoms with Crippen molar-refractivity contribution in [3.05, 3.63) is 79.9 Å². The molecule has 30 heavy (non-hydrogen) atoms. The van der Waals surface area contributed by atoms with Gasteiger partial charge in [-0.05, 0) is 23.6 Å². The third-order valence-corrected chi connectivity index (χ3v) is 5.99. The summed E-state index contributed by atoms with van der Waals surface area (Å²) in [7, 11) is 0. The van der Waals surface area contributed by atoms with Crippen molar-refractivity contribution in [2.24, 2.45) is 5.73 Å². The molecular formula is C20H18N4O5S. The molecule has 0 atom stereocenters. The minimum atomic E-state index is -0.725. The number of nitrogens with zero attached hydrogens (tertiary/aromatic N) is 2. The van der Waals surface area contributed by atoms with E-state index in [1.807, 2.05) is 18.2 Å². The van der Waals surface area contributed by atoms with Crippen LogP contribution in [0.1, 0.15) is 36.9 Å². The number of furan rings is 1. The maximum atomic E-state index is 12.5. The first-order valence-electron chi connectivity index (χ1n) is 9.18. The lowest BCUT2D eigenvalue weighted by atomic mass is 10.0. The van der Waals surface area contributed by atoms with Crippen LogP contribution in [0.2, 0.25) is 0 Å². The van der Waals surface area contributed by atoms with Gasteiger partial charge in [0.05, 0.1) is 11.6 Å². The third kappa shape index (κ3) is 3.95. The Labute approximate surface area is 175 Å². The van der Waals surface area contributed by atoms with Crippen LogP contribution in [0.4, 0.5) is 10.9 Å². The molecule has 0 saturated heterocycles. The molecule has 1 aliphatic rings. The molecule has 3 N–H and O–H groups in total. The monoisotopic (exact) mass is 426 g/mol. The summed E-state index contributed by atoms with van der Waals surface area (Å²) in [5.41, 5.74) is 7.92. The summed E-state index contributed by atoms with van der Waals surface area (Å²) in [6.45, 7) is 2.18. The summed E-state index contributed by atoms with van der Waals surface area (Å²) in [4.78, 5) is 37.8. The van der Waals surface area contributed by atoms with Gasteiger partial charge in [-0.2, -0.15) is 0 Å². The maximum Gasteiger partial charge on any atom is 0.433 e. The number of nitro groups is 1. The van der Waals surface area contributed by atoms with Crippen molar-refractivity contribution in [3.63, 3.8) is 0 Å². The van der Waals surface area contributed by atoms with Crippen LogP contribution in [0.3, 0.4) is 0 Å². The minimum Gasteiger partial charge on any atom is -0.395 e. The molecule has 0 spiro atoms. The molecule has 2 amide bonds. The highest BCUT2D eigenvalue weighted by atomic mass is 32.1. The van der Waals surface area contributed by atoms with Crippen LogP contribution >= 0.6 is 11.3 Å². The number of fused-ring (bicyclic) bond motifs is 1. The molecule has 2 aromatic heterocycles. The van der Waals surface area contributed by atoms with Crippen molar-refractivity contribution in [2.75, 3.05) is 11.9 Å². The zero-order chi connectivity index (χ0) is 21.3. The Morgan fingerprint density at radius 3 is 2.67 bits per heavy atom. The molecule has 0 bridgehead atoms. The van der Waals surface area contributed by atoms with Gasteiger partial charge in [-0.25, -0.2) is 0 Å². The third-order valence-electron chi connectivity index (χ3n) is 4.85. The van der Waals surface area contributed by atoms with Crippen LogP contribution in [0.25, 0.3) is 0 Å². The fourth-order valence-corrected chi connectivity index (χ4v) is 4.78. The Morgan fingerprint density at radius 1 is 1.23 bits per heavy atom. The molecule has 0 radical (unpaired) electrons. The zero-order valence-corrected chi connectivity index (χ0v) is 16.6. The zero-order valence-electron chi connectivity index (χ0n) is 15.8. The van der Waals surface area contributed by atoms with Crippen LogP contribution in [-0.4, -0.2) is 28.2 Å². The summed E-state index contributed by atoms with van der Waals surface area (Å²) in [6.07, 6.45) is 0.638. The molecule has 154 valence electrons. The Kier molecular flexibility index (Phi) is 5.34. The van der Waals surface area contributed by atoms with Gasteiger partial charge in [-0.3, -0.25) is 24.6 Å². The lowest BCUT2D eigenvalue weighted by molar-refractivity contribution is -0.402. The average Bonchev–Trinajstić information content (AvgIpc) is 3.33. The number of hydrogen-bond acceptors (Lipinski definition) is 7. The second-order valence-electron chi connectivity index (χ2n) is 6.87. The normalized spacial score (nSPS) is 13.6. The number of nitrogens with two attached hydrogens (primary N) is 1. The fraction of sp³-hybridized carbons (Fsp3) is 0.200. The average molecular weight is 426 g/mol. The van der Waals surface area contributed by atoms with E-state index in [1.54, 1.807) is 0 Å². The molecule has 0 unspecified atom stereocenters. The summed E-state index contributed by atoms with van der Waals surface area (Å²) in [5, 5.41) is 13.7. The number of benzene rings is 1. The van der Waals surface area contributed by atoms with Gasteiger partial charge in [-0.15, -0.1) is 11.3 Å². The van der Waals surface area contributed by atoms with Gasteiger partial charge in [0.2, 0.25) is 0 Å². The van der Waals surface area contributed by atoms with Crippen molar-refractivity contribution in [3.8, 4) is 0 Å². The Morgan fingerprint density at radius 2 is 2.00 bits per heavy atom. The van der Waals surface area contributed by atoms with Crippen molar-refractivity contribution in [2.45, 2.75) is 19.5 Å². The fourth-order valence-electron chi connectivity index (χ4n) is 3.49. The molecule has 1 aromatic carbocycles. The van der Waals surface area contributed by atoms with Gasteiger partial charge in [0.15, 0.2) is 5.76 Å². The van der Waals surface area contributed by atoms with E-state index in [-0.39, 0.29) is 5.76 Å². The molecule has 0 fully saturated rings. The molecule has 1 aliphatic heterocycles. The van der Waals surface area contributed by atoms with E-state index < -0.39 is 22.6 Å². The van der Waals surface area contributed by atoms with E-state index in [1.165, 1.54) is 23.0 Å². The number of carbonyl (C=O) groups is 2. The molecule has 3 heterocycles. The number of primary amides is 1. The van der Waals surface area contributed by atoms with E-state index in [0.717, 1.165) is 29.6 Å². The summed E-state index contributed by atoms with van der Waals surface area (Å²) in [6, 6.07) is 12.4. The lowest BCUT2D eigenvalue weighted by Gasteiger charge is -2.27. The number of amides is 2. The summed E-state index contributed by atoms with van der Waals surface area (Å²) >= 11 is 1.29. The van der Waals surface area contributed by atoms with Gasteiger partial charge in [0, 0.05) is 24.5 Å². The number of anilines is 1. The molecule has 9 nitrogen and oxygen atoms in total.